The molecule has 2 aromatic heterocycles. The molecule has 2 unspecified atom stereocenters. The van der Waals surface area contributed by atoms with Crippen LogP contribution in [-0.4, -0.2) is 117 Å². The maximum Gasteiger partial charge on any atom is 0.343 e. The zero-order valence-corrected chi connectivity index (χ0v) is 59.6. The van der Waals surface area contributed by atoms with Crippen LogP contribution in [0.15, 0.2) is 243 Å². The quantitative estimate of drug-likeness (QED) is 0.00546. The summed E-state index contributed by atoms with van der Waals surface area (Å²) in [5, 5.41) is 10.0. The van der Waals surface area contributed by atoms with Gasteiger partial charge in [0.2, 0.25) is 10.3 Å². The zero-order chi connectivity index (χ0) is 74.8. The van der Waals surface area contributed by atoms with Crippen LogP contribution < -0.4 is 34.5 Å². The van der Waals surface area contributed by atoms with Crippen molar-refractivity contribution in [2.75, 3.05) is 57.6 Å². The summed E-state index contributed by atoms with van der Waals surface area (Å²) in [6, 6.07) is 54.8. The average molecular weight is 1460 g/mol. The monoisotopic (exact) mass is 1460 g/mol. The standard InChI is InChI=1S/C43H39N3O9S.C39H35N3O7S/c1-4-40(47)52-25-9-8-24-51-28-36(54-41(48)5-2)29-53-35-21-17-32(18-22-35)42(49)55-38-23-16-31(13-12-30-14-19-34(50-3)20-15-30)26-33(38)27-44-46-43-45-37-10-6-7-11-39(37)56-43;1-4-9-26-12-14-27(15-13-26)29-18-21-34(30(22-29)23-40-42-39-41-33-10-7-8-11-35(33)50-39)49-38(45)28-16-19-31(20-17-28)46-24-32(48-37(44)6-3)25-47-36(43)5-2/h4-7,10-11,14-23,26-27,36H,1-2,8-9,24-25,28-29H2,3H3,(H,45,46);5-8,10-23,32H,2-4,9,24-25H2,1H3,(H,41,42)/b44-27+;40-23+. The summed E-state index contributed by atoms with van der Waals surface area (Å²) < 4.78 is 56.6. The lowest BCUT2D eigenvalue weighted by atomic mass is 10.0. The van der Waals surface area contributed by atoms with E-state index in [9.17, 15) is 28.8 Å². The zero-order valence-electron chi connectivity index (χ0n) is 58.0. The number of nitrogens with one attached hydrogen (secondary N) is 2. The number of carbonyl (C=O) groups excluding carboxylic acids is 6. The highest BCUT2D eigenvalue weighted by Gasteiger charge is 2.20. The van der Waals surface area contributed by atoms with E-state index in [1.165, 1.54) is 28.2 Å². The maximum atomic E-state index is 13.3. The summed E-state index contributed by atoms with van der Waals surface area (Å²) in [4.78, 5) is 81.9. The van der Waals surface area contributed by atoms with Gasteiger partial charge in [-0.15, -0.1) is 0 Å². The van der Waals surface area contributed by atoms with Gasteiger partial charge in [-0.2, -0.15) is 10.2 Å². The second-order valence-corrected chi connectivity index (χ2v) is 24.7. The van der Waals surface area contributed by atoms with Gasteiger partial charge in [-0.1, -0.05) is 129 Å². The van der Waals surface area contributed by atoms with Crippen LogP contribution >= 0.6 is 22.7 Å². The Kier molecular flexibility index (Phi) is 29.7. The third kappa shape index (κ3) is 24.4. The molecular formula is C82H74N6O16S2. The molecule has 540 valence electrons. The molecule has 106 heavy (non-hydrogen) atoms. The first-order valence-corrected chi connectivity index (χ1v) is 34.9. The summed E-state index contributed by atoms with van der Waals surface area (Å²) in [6.45, 7) is 16.0. The Labute approximate surface area is 620 Å². The van der Waals surface area contributed by atoms with Crippen molar-refractivity contribution in [1.29, 1.82) is 0 Å². The van der Waals surface area contributed by atoms with Crippen LogP contribution in [0.3, 0.4) is 0 Å². The van der Waals surface area contributed by atoms with Crippen molar-refractivity contribution in [2.24, 2.45) is 10.2 Å². The van der Waals surface area contributed by atoms with Crippen molar-refractivity contribution in [3.05, 3.63) is 272 Å². The fourth-order valence-corrected chi connectivity index (χ4v) is 11.2. The van der Waals surface area contributed by atoms with E-state index in [1.54, 1.807) is 92.3 Å². The highest BCUT2D eigenvalue weighted by Crippen LogP contribution is 2.31. The van der Waals surface area contributed by atoms with Crippen LogP contribution in [0.25, 0.3) is 31.6 Å². The number of para-hydroxylation sites is 2. The van der Waals surface area contributed by atoms with Gasteiger partial charge < -0.3 is 47.4 Å². The number of aromatic nitrogens is 2. The molecule has 2 atom stereocenters. The third-order valence-electron chi connectivity index (χ3n) is 14.9. The van der Waals surface area contributed by atoms with E-state index in [0.717, 1.165) is 80.0 Å². The largest absolute Gasteiger partial charge is 0.497 e. The lowest BCUT2D eigenvalue weighted by molar-refractivity contribution is -0.154. The smallest absolute Gasteiger partial charge is 0.343 e. The van der Waals surface area contributed by atoms with E-state index in [4.69, 9.17) is 47.4 Å². The predicted octanol–water partition coefficient (Wildman–Crippen LogP) is 15.2. The van der Waals surface area contributed by atoms with E-state index in [-0.39, 0.29) is 49.9 Å². The fraction of sp³-hybridized carbons (Fsp3) is 0.171. The molecule has 22 nitrogen and oxygen atoms in total. The summed E-state index contributed by atoms with van der Waals surface area (Å²) >= 11 is 2.95. The second kappa shape index (κ2) is 40.7. The summed E-state index contributed by atoms with van der Waals surface area (Å²) in [7, 11) is 1.61. The van der Waals surface area contributed by atoms with E-state index in [2.05, 4.69) is 100 Å². The first-order chi connectivity index (χ1) is 51.7. The van der Waals surface area contributed by atoms with Crippen molar-refractivity contribution in [3.8, 4) is 51.7 Å². The number of hydrazone groups is 2. The van der Waals surface area contributed by atoms with Gasteiger partial charge in [0, 0.05) is 53.2 Å². The Bertz CT molecular complexity index is 4760. The minimum absolute atomic E-state index is 0.0121. The van der Waals surface area contributed by atoms with Gasteiger partial charge in [0.15, 0.2) is 12.2 Å². The number of hydrogen-bond acceptors (Lipinski definition) is 24. The number of carbonyl (C=O) groups is 6. The van der Waals surface area contributed by atoms with Crippen molar-refractivity contribution >= 4 is 102 Å². The van der Waals surface area contributed by atoms with Gasteiger partial charge in [0.1, 0.15) is 48.6 Å². The summed E-state index contributed by atoms with van der Waals surface area (Å²) in [5.74, 6) is 4.77. The van der Waals surface area contributed by atoms with Gasteiger partial charge >= 0.3 is 35.8 Å². The molecule has 0 saturated heterocycles. The number of rotatable bonds is 35. The number of anilines is 2. The van der Waals surface area contributed by atoms with Gasteiger partial charge in [-0.3, -0.25) is 10.9 Å². The summed E-state index contributed by atoms with van der Waals surface area (Å²) in [6.07, 6.45) is 9.00. The predicted molar refractivity (Wildman–Crippen MR) is 409 cm³/mol. The number of fused-ring (bicyclic) bond motifs is 2. The Morgan fingerprint density at radius 1 is 0.500 bits per heavy atom. The lowest BCUT2D eigenvalue weighted by Gasteiger charge is -2.18. The highest BCUT2D eigenvalue weighted by atomic mass is 32.1. The Balaban J connectivity index is 0.000000247. The van der Waals surface area contributed by atoms with Gasteiger partial charge in [0.25, 0.3) is 0 Å². The Hall–Kier alpha value is -12.8. The maximum absolute atomic E-state index is 13.3. The van der Waals surface area contributed by atoms with Crippen LogP contribution in [0, 0.1) is 11.8 Å². The van der Waals surface area contributed by atoms with Crippen molar-refractivity contribution < 1.29 is 76.1 Å². The number of aryl methyl sites for hydroxylation is 1. The van der Waals surface area contributed by atoms with E-state index >= 15 is 0 Å². The molecule has 10 rings (SSSR count). The van der Waals surface area contributed by atoms with E-state index in [0.29, 0.717) is 63.7 Å². The molecule has 0 aliphatic carbocycles. The molecule has 0 amide bonds. The number of esters is 6. The molecule has 0 bridgehead atoms. The van der Waals surface area contributed by atoms with Crippen molar-refractivity contribution in [3.63, 3.8) is 0 Å². The number of thiazole rings is 2. The summed E-state index contributed by atoms with van der Waals surface area (Å²) in [5.41, 5.74) is 14.0. The molecular weight excluding hydrogens is 1390 g/mol. The molecule has 0 fully saturated rings. The first-order valence-electron chi connectivity index (χ1n) is 33.2. The van der Waals surface area contributed by atoms with Crippen molar-refractivity contribution in [1.82, 2.24) is 9.97 Å². The topological polar surface area (TPSA) is 269 Å². The first kappa shape index (κ1) is 77.3. The SMILES string of the molecule is C=CC(=O)OCC(COc1ccc(C(=O)Oc2ccc(-c3ccc(CCC)cc3)cc2/C=N/Nc2nc3ccccc3s2)cc1)OC(=O)C=C.C=CC(=O)OCCCCOCC(COc1ccc(C(=O)Oc2ccc(C#Cc3ccc(OC)cc3)cc2/C=N/Nc2nc3ccccc3s2)cc1)OC(=O)C=C. The average Bonchev–Trinajstić information content (AvgIpc) is 1.00. The van der Waals surface area contributed by atoms with Crippen LogP contribution in [0.2, 0.25) is 0 Å². The van der Waals surface area contributed by atoms with Crippen LogP contribution in [0.5, 0.6) is 28.7 Å². The molecule has 0 aliphatic heterocycles. The number of unbranched alkanes of at least 4 members (excludes halogenated alkanes) is 1. The molecule has 8 aromatic carbocycles. The number of nitrogens with zero attached hydrogens (tertiary/aromatic N) is 4. The number of hydrogen-bond donors (Lipinski definition) is 2. The van der Waals surface area contributed by atoms with Crippen LogP contribution in [0.4, 0.5) is 10.3 Å². The molecule has 0 spiro atoms. The molecule has 10 aromatic rings. The van der Waals surface area contributed by atoms with Gasteiger partial charge in [-0.05, 0) is 163 Å². The molecule has 0 radical (unpaired) electrons. The lowest BCUT2D eigenvalue weighted by Crippen LogP contribution is -2.30. The minimum atomic E-state index is -0.893. The van der Waals surface area contributed by atoms with Crippen molar-refractivity contribution in [2.45, 2.75) is 44.8 Å². The van der Waals surface area contributed by atoms with Crippen LogP contribution in [0.1, 0.15) is 74.7 Å². The number of methoxy groups -OCH3 is 1. The highest BCUT2D eigenvalue weighted by molar-refractivity contribution is 7.22. The third-order valence-corrected chi connectivity index (χ3v) is 16.8. The Morgan fingerprint density at radius 3 is 1.50 bits per heavy atom. The molecule has 24 heteroatoms. The number of benzene rings is 8. The normalized spacial score (nSPS) is 11.3. The van der Waals surface area contributed by atoms with E-state index < -0.39 is 48.0 Å². The second-order valence-electron chi connectivity index (χ2n) is 22.6. The fourth-order valence-electron chi connectivity index (χ4n) is 9.58. The Morgan fingerprint density at radius 2 is 0.972 bits per heavy atom. The molecule has 0 aliphatic rings. The van der Waals surface area contributed by atoms with E-state index in [1.807, 2.05) is 84.9 Å². The van der Waals surface area contributed by atoms with Gasteiger partial charge in [0.05, 0.1) is 64.3 Å². The molecule has 2 N–H and O–H groups in total. The minimum Gasteiger partial charge on any atom is -0.497 e. The number of ether oxygens (including phenoxy) is 10. The molecule has 2 heterocycles. The van der Waals surface area contributed by atoms with Gasteiger partial charge in [-0.25, -0.2) is 38.7 Å². The van der Waals surface area contributed by atoms with Crippen LogP contribution in [-0.2, 0) is 49.3 Å². The molecule has 0 saturated carbocycles.